The zero-order valence-corrected chi connectivity index (χ0v) is 17.9. The fraction of sp³-hybridized carbons (Fsp3) is 0.579. The minimum Gasteiger partial charge on any atom is -0.360 e. The maximum absolute atomic E-state index is 12.1. The SMILES string of the molecule is Cc1cc(NC(=O)C(C)SCC(=O)NCCCc2nc3c(s2)CCCC3)no1. The van der Waals surface area contributed by atoms with Crippen molar-refractivity contribution in [1.82, 2.24) is 15.5 Å². The molecule has 152 valence electrons. The average Bonchev–Trinajstić information content (AvgIpc) is 3.28. The highest BCUT2D eigenvalue weighted by Gasteiger charge is 2.17. The summed E-state index contributed by atoms with van der Waals surface area (Å²) in [5, 5.41) is 10.2. The third-order valence-corrected chi connectivity index (χ3v) is 6.85. The van der Waals surface area contributed by atoms with Crippen molar-refractivity contribution < 1.29 is 14.1 Å². The highest BCUT2D eigenvalue weighted by molar-refractivity contribution is 8.01. The van der Waals surface area contributed by atoms with E-state index < -0.39 is 0 Å². The molecule has 0 bridgehead atoms. The first-order chi connectivity index (χ1) is 13.5. The van der Waals surface area contributed by atoms with Crippen LogP contribution in [0.3, 0.4) is 0 Å². The molecule has 0 aliphatic heterocycles. The van der Waals surface area contributed by atoms with Gasteiger partial charge in [-0.25, -0.2) is 4.98 Å². The minimum atomic E-state index is -0.357. The van der Waals surface area contributed by atoms with Gasteiger partial charge in [0, 0.05) is 23.9 Å². The van der Waals surface area contributed by atoms with Crippen molar-refractivity contribution in [2.45, 2.75) is 57.6 Å². The normalized spacial score (nSPS) is 14.4. The molecule has 9 heteroatoms. The van der Waals surface area contributed by atoms with E-state index in [9.17, 15) is 9.59 Å². The Bertz CT molecular complexity index is 794. The number of nitrogens with one attached hydrogen (secondary N) is 2. The molecule has 0 radical (unpaired) electrons. The van der Waals surface area contributed by atoms with Crippen LogP contribution in [0, 0.1) is 6.92 Å². The molecule has 0 fully saturated rings. The van der Waals surface area contributed by atoms with E-state index in [1.54, 1.807) is 19.9 Å². The summed E-state index contributed by atoms with van der Waals surface area (Å²) >= 11 is 3.13. The Balaban J connectivity index is 1.29. The molecule has 1 aliphatic carbocycles. The van der Waals surface area contributed by atoms with Gasteiger partial charge in [0.2, 0.25) is 11.8 Å². The van der Waals surface area contributed by atoms with Crippen LogP contribution in [-0.2, 0) is 28.9 Å². The average molecular weight is 423 g/mol. The molecule has 3 rings (SSSR count). The predicted octanol–water partition coefficient (Wildman–Crippen LogP) is 3.13. The van der Waals surface area contributed by atoms with E-state index in [-0.39, 0.29) is 22.8 Å². The second-order valence-corrected chi connectivity index (χ2v) is 9.40. The van der Waals surface area contributed by atoms with Gasteiger partial charge in [0.05, 0.1) is 21.7 Å². The summed E-state index contributed by atoms with van der Waals surface area (Å²) in [5.41, 5.74) is 1.29. The number of hydrogen-bond donors (Lipinski definition) is 2. The Labute approximate surface area is 173 Å². The molecule has 2 amide bonds. The van der Waals surface area contributed by atoms with Crippen LogP contribution in [0.4, 0.5) is 5.82 Å². The standard InChI is InChI=1S/C19H26N4O3S2/c1-12-10-16(23-26-12)22-19(25)13(2)27-11-17(24)20-9-5-8-18-21-14-6-3-4-7-15(14)28-18/h10,13H,3-9,11H2,1-2H3,(H,20,24)(H,22,23,25). The van der Waals surface area contributed by atoms with Gasteiger partial charge >= 0.3 is 0 Å². The first-order valence-corrected chi connectivity index (χ1v) is 11.5. The summed E-state index contributed by atoms with van der Waals surface area (Å²) in [6, 6.07) is 1.65. The van der Waals surface area contributed by atoms with Gasteiger partial charge in [-0.2, -0.15) is 0 Å². The van der Waals surface area contributed by atoms with Crippen molar-refractivity contribution in [3.05, 3.63) is 27.4 Å². The molecule has 1 aliphatic rings. The number of carbonyl (C=O) groups is 2. The molecule has 2 aromatic rings. The maximum Gasteiger partial charge on any atom is 0.238 e. The van der Waals surface area contributed by atoms with Gasteiger partial charge < -0.3 is 15.2 Å². The third-order valence-electron chi connectivity index (χ3n) is 4.49. The monoisotopic (exact) mass is 422 g/mol. The lowest BCUT2D eigenvalue weighted by Gasteiger charge is -2.10. The topological polar surface area (TPSA) is 97.1 Å². The molecule has 2 N–H and O–H groups in total. The van der Waals surface area contributed by atoms with E-state index in [1.165, 1.54) is 46.6 Å². The fourth-order valence-corrected chi connectivity index (χ4v) is 4.87. The Hall–Kier alpha value is -1.87. The van der Waals surface area contributed by atoms with Gasteiger partial charge in [-0.3, -0.25) is 9.59 Å². The number of thiazole rings is 1. The van der Waals surface area contributed by atoms with E-state index in [0.717, 1.165) is 19.3 Å². The molecule has 0 aromatic carbocycles. The molecule has 0 saturated carbocycles. The maximum atomic E-state index is 12.1. The smallest absolute Gasteiger partial charge is 0.238 e. The van der Waals surface area contributed by atoms with E-state index in [1.807, 2.05) is 11.3 Å². The molecule has 2 aromatic heterocycles. The van der Waals surface area contributed by atoms with Crippen LogP contribution < -0.4 is 10.6 Å². The first-order valence-electron chi connectivity index (χ1n) is 9.61. The second kappa shape index (κ2) is 10.1. The number of fused-ring (bicyclic) bond motifs is 1. The molecule has 0 spiro atoms. The summed E-state index contributed by atoms with van der Waals surface area (Å²) in [6.45, 7) is 4.15. The lowest BCUT2D eigenvalue weighted by Crippen LogP contribution is -2.29. The van der Waals surface area contributed by atoms with Crippen LogP contribution in [-0.4, -0.2) is 39.5 Å². The number of nitrogens with zero attached hydrogens (tertiary/aromatic N) is 2. The molecular weight excluding hydrogens is 396 g/mol. The van der Waals surface area contributed by atoms with Crippen molar-refractivity contribution in [2.75, 3.05) is 17.6 Å². The van der Waals surface area contributed by atoms with Crippen LogP contribution in [0.2, 0.25) is 0 Å². The summed E-state index contributed by atoms with van der Waals surface area (Å²) in [4.78, 5) is 30.3. The zero-order valence-electron chi connectivity index (χ0n) is 16.2. The summed E-state index contributed by atoms with van der Waals surface area (Å²) in [5.74, 6) is 1.02. The van der Waals surface area contributed by atoms with Gasteiger partial charge in [0.1, 0.15) is 5.76 Å². The highest BCUT2D eigenvalue weighted by atomic mass is 32.2. The van der Waals surface area contributed by atoms with Crippen molar-refractivity contribution in [3.8, 4) is 0 Å². The van der Waals surface area contributed by atoms with Gasteiger partial charge in [-0.1, -0.05) is 5.16 Å². The third kappa shape index (κ3) is 6.07. The lowest BCUT2D eigenvalue weighted by atomic mass is 10.0. The van der Waals surface area contributed by atoms with E-state index in [2.05, 4.69) is 15.8 Å². The molecule has 2 heterocycles. The molecule has 0 saturated heterocycles. The Morgan fingerprint density at radius 3 is 2.93 bits per heavy atom. The Kier molecular flexibility index (Phi) is 7.50. The summed E-state index contributed by atoms with van der Waals surface area (Å²) in [7, 11) is 0. The van der Waals surface area contributed by atoms with Crippen molar-refractivity contribution >= 4 is 40.7 Å². The van der Waals surface area contributed by atoms with Crippen LogP contribution in [0.25, 0.3) is 0 Å². The van der Waals surface area contributed by atoms with Gasteiger partial charge in [-0.15, -0.1) is 23.1 Å². The van der Waals surface area contributed by atoms with E-state index in [4.69, 9.17) is 9.51 Å². The number of carbonyl (C=O) groups excluding carboxylic acids is 2. The van der Waals surface area contributed by atoms with Gasteiger partial charge in [0.25, 0.3) is 0 Å². The molecule has 1 unspecified atom stereocenters. The number of aromatic nitrogens is 2. The van der Waals surface area contributed by atoms with Crippen molar-refractivity contribution in [3.63, 3.8) is 0 Å². The summed E-state index contributed by atoms with van der Waals surface area (Å²) in [6.07, 6.45) is 6.59. The first kappa shape index (κ1) is 20.9. The second-order valence-electron chi connectivity index (χ2n) is 6.90. The Morgan fingerprint density at radius 1 is 1.36 bits per heavy atom. The van der Waals surface area contributed by atoms with E-state index >= 15 is 0 Å². The zero-order chi connectivity index (χ0) is 19.9. The minimum absolute atomic E-state index is 0.0552. The molecule has 7 nitrogen and oxygen atoms in total. The van der Waals surface area contributed by atoms with Crippen LogP contribution in [0.5, 0.6) is 0 Å². The highest BCUT2D eigenvalue weighted by Crippen LogP contribution is 2.27. The number of thioether (sulfide) groups is 1. The van der Waals surface area contributed by atoms with Crippen LogP contribution >= 0.6 is 23.1 Å². The number of amides is 2. The number of aryl methyl sites for hydroxylation is 4. The predicted molar refractivity (Wildman–Crippen MR) is 112 cm³/mol. The van der Waals surface area contributed by atoms with Crippen molar-refractivity contribution in [1.29, 1.82) is 0 Å². The fourth-order valence-electron chi connectivity index (χ4n) is 2.96. The number of hydrogen-bond acceptors (Lipinski definition) is 7. The van der Waals surface area contributed by atoms with Gasteiger partial charge in [-0.05, 0) is 46.0 Å². The van der Waals surface area contributed by atoms with Crippen LogP contribution in [0.15, 0.2) is 10.6 Å². The quantitative estimate of drug-likeness (QED) is 0.603. The molecular formula is C19H26N4O3S2. The van der Waals surface area contributed by atoms with Gasteiger partial charge in [0.15, 0.2) is 5.82 Å². The lowest BCUT2D eigenvalue weighted by molar-refractivity contribution is -0.118. The van der Waals surface area contributed by atoms with E-state index in [0.29, 0.717) is 18.1 Å². The largest absolute Gasteiger partial charge is 0.360 e. The number of rotatable bonds is 9. The number of anilines is 1. The van der Waals surface area contributed by atoms with Crippen LogP contribution in [0.1, 0.15) is 47.5 Å². The summed E-state index contributed by atoms with van der Waals surface area (Å²) < 4.78 is 4.91. The molecule has 1 atom stereocenters. The Morgan fingerprint density at radius 2 is 2.18 bits per heavy atom. The molecule has 28 heavy (non-hydrogen) atoms. The van der Waals surface area contributed by atoms with Crippen molar-refractivity contribution in [2.24, 2.45) is 0 Å².